The van der Waals surface area contributed by atoms with Gasteiger partial charge in [-0.3, -0.25) is 4.98 Å². The van der Waals surface area contributed by atoms with Gasteiger partial charge < -0.3 is 10.6 Å². The molecule has 18 heavy (non-hydrogen) atoms. The smallest absolute Gasteiger partial charge is 0.180 e. The van der Waals surface area contributed by atoms with E-state index in [0.29, 0.717) is 24.2 Å². The second kappa shape index (κ2) is 4.49. The van der Waals surface area contributed by atoms with Crippen LogP contribution in [-0.4, -0.2) is 34.1 Å². The van der Waals surface area contributed by atoms with Crippen LogP contribution in [0.2, 0.25) is 0 Å². The molecule has 0 saturated carbocycles. The molecule has 0 aliphatic carbocycles. The zero-order chi connectivity index (χ0) is 12.5. The van der Waals surface area contributed by atoms with E-state index in [2.05, 4.69) is 26.8 Å². The number of anilines is 1. The van der Waals surface area contributed by atoms with Gasteiger partial charge in [0, 0.05) is 31.5 Å². The molecule has 3 rings (SSSR count). The molecule has 1 aliphatic rings. The zero-order valence-corrected chi connectivity index (χ0v) is 10.5. The van der Waals surface area contributed by atoms with Crippen molar-refractivity contribution in [3.8, 4) is 0 Å². The van der Waals surface area contributed by atoms with E-state index in [-0.39, 0.29) is 0 Å². The van der Waals surface area contributed by atoms with Crippen LogP contribution in [0.15, 0.2) is 24.5 Å². The van der Waals surface area contributed by atoms with Crippen molar-refractivity contribution in [2.24, 2.45) is 11.7 Å². The molecule has 3 heterocycles. The summed E-state index contributed by atoms with van der Waals surface area (Å²) in [5.74, 6) is 1.58. The minimum Gasteiger partial charge on any atom is -0.352 e. The van der Waals surface area contributed by atoms with Gasteiger partial charge in [0.15, 0.2) is 5.65 Å². The molecule has 2 unspecified atom stereocenters. The Morgan fingerprint density at radius 3 is 3.00 bits per heavy atom. The second-order valence-corrected chi connectivity index (χ2v) is 4.83. The highest BCUT2D eigenvalue weighted by Gasteiger charge is 2.30. The van der Waals surface area contributed by atoms with Gasteiger partial charge in [-0.05, 0) is 24.5 Å². The molecule has 5 heteroatoms. The predicted molar refractivity (Wildman–Crippen MR) is 71.3 cm³/mol. The third kappa shape index (κ3) is 1.80. The Labute approximate surface area is 106 Å². The average Bonchev–Trinajstić information content (AvgIpc) is 2.79. The molecule has 2 N–H and O–H groups in total. The maximum atomic E-state index is 5.87. The monoisotopic (exact) mass is 243 g/mol. The lowest BCUT2D eigenvalue weighted by Crippen LogP contribution is -2.38. The van der Waals surface area contributed by atoms with E-state index in [9.17, 15) is 0 Å². The number of rotatable bonds is 2. The molecule has 0 amide bonds. The molecule has 0 spiro atoms. The quantitative estimate of drug-likeness (QED) is 0.858. The normalized spacial score (nSPS) is 23.8. The first kappa shape index (κ1) is 11.3. The molecule has 0 aromatic carbocycles. The molecular formula is C13H17N5. The van der Waals surface area contributed by atoms with Crippen LogP contribution in [0.5, 0.6) is 0 Å². The van der Waals surface area contributed by atoms with E-state index in [1.807, 2.05) is 12.1 Å². The number of fused-ring (bicyclic) bond motifs is 1. The first-order valence-electron chi connectivity index (χ1n) is 6.34. The summed E-state index contributed by atoms with van der Waals surface area (Å²) in [5, 5.41) is 0. The topological polar surface area (TPSA) is 67.9 Å². The summed E-state index contributed by atoms with van der Waals surface area (Å²) >= 11 is 0. The first-order valence-corrected chi connectivity index (χ1v) is 6.34. The Kier molecular flexibility index (Phi) is 2.83. The van der Waals surface area contributed by atoms with E-state index in [1.54, 1.807) is 12.4 Å². The highest BCUT2D eigenvalue weighted by molar-refractivity contribution is 5.71. The average molecular weight is 243 g/mol. The highest BCUT2D eigenvalue weighted by atomic mass is 15.2. The summed E-state index contributed by atoms with van der Waals surface area (Å²) in [7, 11) is 0. The predicted octanol–water partition coefficient (Wildman–Crippen LogP) is 1.20. The van der Waals surface area contributed by atoms with Crippen LogP contribution in [0.3, 0.4) is 0 Å². The van der Waals surface area contributed by atoms with Crippen molar-refractivity contribution in [3.05, 3.63) is 24.5 Å². The molecule has 2 atom stereocenters. The van der Waals surface area contributed by atoms with Crippen LogP contribution in [-0.2, 0) is 0 Å². The molecular weight excluding hydrogens is 226 g/mol. The molecule has 2 aromatic rings. The van der Waals surface area contributed by atoms with Gasteiger partial charge in [0.05, 0.1) is 0 Å². The number of pyridine rings is 1. The number of nitrogens with zero attached hydrogens (tertiary/aromatic N) is 4. The van der Waals surface area contributed by atoms with Crippen LogP contribution >= 0.6 is 0 Å². The molecule has 2 aromatic heterocycles. The lowest BCUT2D eigenvalue weighted by molar-refractivity contribution is 0.517. The standard InChI is InChI=1S/C13H17N5/c1-9-4-7-18(11(9)8-14)12-3-2-10-13(17-12)16-6-5-15-10/h2-3,5-6,9,11H,4,7-8,14H2,1H3. The highest BCUT2D eigenvalue weighted by Crippen LogP contribution is 2.28. The van der Waals surface area contributed by atoms with E-state index in [1.165, 1.54) is 6.42 Å². The van der Waals surface area contributed by atoms with Gasteiger partial charge in [0.1, 0.15) is 11.3 Å². The van der Waals surface area contributed by atoms with Crippen molar-refractivity contribution in [1.82, 2.24) is 15.0 Å². The molecule has 0 bridgehead atoms. The Bertz CT molecular complexity index is 556. The number of hydrogen-bond donors (Lipinski definition) is 1. The van der Waals surface area contributed by atoms with Crippen molar-refractivity contribution < 1.29 is 0 Å². The number of aromatic nitrogens is 3. The molecule has 1 aliphatic heterocycles. The lowest BCUT2D eigenvalue weighted by atomic mass is 10.0. The molecule has 1 fully saturated rings. The van der Waals surface area contributed by atoms with Crippen LogP contribution in [0.25, 0.3) is 11.2 Å². The summed E-state index contributed by atoms with van der Waals surface area (Å²) in [6.45, 7) is 3.93. The fourth-order valence-electron chi connectivity index (χ4n) is 2.66. The Hall–Kier alpha value is -1.75. The fraction of sp³-hybridized carbons (Fsp3) is 0.462. The van der Waals surface area contributed by atoms with Gasteiger partial charge in [-0.25, -0.2) is 9.97 Å². The maximum Gasteiger partial charge on any atom is 0.180 e. The van der Waals surface area contributed by atoms with Crippen LogP contribution in [0, 0.1) is 5.92 Å². The van der Waals surface area contributed by atoms with Crippen molar-refractivity contribution in [3.63, 3.8) is 0 Å². The Morgan fingerprint density at radius 2 is 2.17 bits per heavy atom. The first-order chi connectivity index (χ1) is 8.79. The van der Waals surface area contributed by atoms with Gasteiger partial charge in [0.2, 0.25) is 0 Å². The Morgan fingerprint density at radius 1 is 1.33 bits per heavy atom. The second-order valence-electron chi connectivity index (χ2n) is 4.83. The minimum atomic E-state index is 0.381. The van der Waals surface area contributed by atoms with Gasteiger partial charge >= 0.3 is 0 Å². The van der Waals surface area contributed by atoms with Crippen LogP contribution in [0.4, 0.5) is 5.82 Å². The third-order valence-corrected chi connectivity index (χ3v) is 3.74. The van der Waals surface area contributed by atoms with Crippen molar-refractivity contribution in [2.45, 2.75) is 19.4 Å². The minimum absolute atomic E-state index is 0.381. The van der Waals surface area contributed by atoms with Crippen molar-refractivity contribution in [1.29, 1.82) is 0 Å². The lowest BCUT2D eigenvalue weighted by Gasteiger charge is -2.26. The van der Waals surface area contributed by atoms with E-state index < -0.39 is 0 Å². The molecule has 5 nitrogen and oxygen atoms in total. The fourth-order valence-corrected chi connectivity index (χ4v) is 2.66. The van der Waals surface area contributed by atoms with Gasteiger partial charge in [-0.2, -0.15) is 0 Å². The van der Waals surface area contributed by atoms with E-state index >= 15 is 0 Å². The van der Waals surface area contributed by atoms with Crippen molar-refractivity contribution >= 4 is 17.0 Å². The molecule has 0 radical (unpaired) electrons. The summed E-state index contributed by atoms with van der Waals surface area (Å²) < 4.78 is 0. The number of nitrogens with two attached hydrogens (primary N) is 1. The van der Waals surface area contributed by atoms with Crippen LogP contribution < -0.4 is 10.6 Å². The SMILES string of the molecule is CC1CCN(c2ccc3nccnc3n2)C1CN. The van der Waals surface area contributed by atoms with Gasteiger partial charge in [0.25, 0.3) is 0 Å². The van der Waals surface area contributed by atoms with Gasteiger partial charge in [-0.1, -0.05) is 6.92 Å². The summed E-state index contributed by atoms with van der Waals surface area (Å²) in [4.78, 5) is 15.4. The Balaban J connectivity index is 1.99. The largest absolute Gasteiger partial charge is 0.352 e. The molecule has 94 valence electrons. The third-order valence-electron chi connectivity index (χ3n) is 3.74. The van der Waals surface area contributed by atoms with E-state index in [0.717, 1.165) is 17.9 Å². The zero-order valence-electron chi connectivity index (χ0n) is 10.5. The maximum absolute atomic E-state index is 5.87. The summed E-state index contributed by atoms with van der Waals surface area (Å²) in [6, 6.07) is 4.37. The molecule has 1 saturated heterocycles. The van der Waals surface area contributed by atoms with Gasteiger partial charge in [-0.15, -0.1) is 0 Å². The summed E-state index contributed by atoms with van der Waals surface area (Å²) in [5.41, 5.74) is 7.40. The summed E-state index contributed by atoms with van der Waals surface area (Å²) in [6.07, 6.45) is 4.53. The van der Waals surface area contributed by atoms with Crippen molar-refractivity contribution in [2.75, 3.05) is 18.0 Å². The van der Waals surface area contributed by atoms with E-state index in [4.69, 9.17) is 5.73 Å². The van der Waals surface area contributed by atoms with Crippen LogP contribution in [0.1, 0.15) is 13.3 Å². The number of hydrogen-bond acceptors (Lipinski definition) is 5.